The smallest absolute Gasteiger partial charge is 0.258 e. The third-order valence-corrected chi connectivity index (χ3v) is 6.05. The number of nitro benzene ring substituents is 1. The van der Waals surface area contributed by atoms with Crippen LogP contribution in [0.2, 0.25) is 10.0 Å². The van der Waals surface area contributed by atoms with E-state index in [1.807, 2.05) is 0 Å². The lowest BCUT2D eigenvalue weighted by atomic mass is 10.2. The van der Waals surface area contributed by atoms with Gasteiger partial charge in [-0.2, -0.15) is 0 Å². The van der Waals surface area contributed by atoms with Crippen molar-refractivity contribution >= 4 is 50.5 Å². The Bertz CT molecular complexity index is 849. The van der Waals surface area contributed by atoms with Crippen LogP contribution in [-0.4, -0.2) is 19.6 Å². The van der Waals surface area contributed by atoms with Gasteiger partial charge in [0.15, 0.2) is 9.84 Å². The van der Waals surface area contributed by atoms with Crippen LogP contribution in [0.1, 0.15) is 5.56 Å². The molecule has 2 aromatic carbocycles. The van der Waals surface area contributed by atoms with E-state index >= 15 is 0 Å². The number of benzene rings is 2. The quantitative estimate of drug-likeness (QED) is 0.422. The molecule has 2 rings (SSSR count). The van der Waals surface area contributed by atoms with Crippen molar-refractivity contribution in [1.29, 1.82) is 0 Å². The van der Waals surface area contributed by atoms with Gasteiger partial charge in [0.05, 0.1) is 9.82 Å². The molecule has 0 fully saturated rings. The molecule has 2 aromatic rings. The van der Waals surface area contributed by atoms with E-state index in [1.165, 1.54) is 23.9 Å². The molecule has 0 N–H and O–H groups in total. The van der Waals surface area contributed by atoms with Crippen molar-refractivity contribution in [2.24, 2.45) is 0 Å². The summed E-state index contributed by atoms with van der Waals surface area (Å²) in [7, 11) is -3.61. The van der Waals surface area contributed by atoms with E-state index in [0.717, 1.165) is 12.3 Å². The van der Waals surface area contributed by atoms with E-state index in [1.54, 1.807) is 18.2 Å². The predicted octanol–water partition coefficient (Wildman–Crippen LogP) is 4.60. The van der Waals surface area contributed by atoms with Crippen LogP contribution in [-0.2, 0) is 15.6 Å². The lowest BCUT2D eigenvalue weighted by Gasteiger charge is -2.10. The number of halogens is 2. The van der Waals surface area contributed by atoms with Gasteiger partial charge in [0.2, 0.25) is 0 Å². The zero-order valence-corrected chi connectivity index (χ0v) is 15.0. The summed E-state index contributed by atoms with van der Waals surface area (Å²) in [5.41, 5.74) is 0.407. The van der Waals surface area contributed by atoms with Crippen LogP contribution in [0.25, 0.3) is 0 Å². The zero-order valence-electron chi connectivity index (χ0n) is 11.8. The molecule has 0 amide bonds. The second-order valence-electron chi connectivity index (χ2n) is 4.65. The number of nitrogens with zero attached hydrogens (tertiary/aromatic N) is 1. The molecule has 0 aliphatic carbocycles. The average Bonchev–Trinajstić information content (AvgIpc) is 2.45. The van der Waals surface area contributed by atoms with Gasteiger partial charge in [-0.05, 0) is 23.8 Å². The van der Waals surface area contributed by atoms with Crippen LogP contribution in [0.15, 0.2) is 46.2 Å². The van der Waals surface area contributed by atoms with Gasteiger partial charge in [0.25, 0.3) is 5.69 Å². The van der Waals surface area contributed by atoms with Gasteiger partial charge < -0.3 is 0 Å². The SMILES string of the molecule is CS(=O)(=O)c1cc([N+](=O)[O-])ccc1SCc1c(Cl)cccc1Cl. The van der Waals surface area contributed by atoms with Gasteiger partial charge in [0.1, 0.15) is 0 Å². The van der Waals surface area contributed by atoms with Crippen molar-refractivity contribution < 1.29 is 13.3 Å². The number of thioether (sulfide) groups is 1. The predicted molar refractivity (Wildman–Crippen MR) is 92.2 cm³/mol. The van der Waals surface area contributed by atoms with Crippen molar-refractivity contribution in [2.45, 2.75) is 15.5 Å². The minimum absolute atomic E-state index is 0.0834. The first-order chi connectivity index (χ1) is 10.7. The van der Waals surface area contributed by atoms with Gasteiger partial charge in [0, 0.05) is 39.1 Å². The monoisotopic (exact) mass is 391 g/mol. The first-order valence-corrected chi connectivity index (χ1v) is 9.87. The summed E-state index contributed by atoms with van der Waals surface area (Å²) in [6, 6.07) is 8.85. The topological polar surface area (TPSA) is 77.3 Å². The van der Waals surface area contributed by atoms with E-state index in [-0.39, 0.29) is 10.6 Å². The highest BCUT2D eigenvalue weighted by molar-refractivity contribution is 7.99. The van der Waals surface area contributed by atoms with Gasteiger partial charge in [-0.15, -0.1) is 11.8 Å². The van der Waals surface area contributed by atoms with Crippen molar-refractivity contribution in [1.82, 2.24) is 0 Å². The molecule has 0 bridgehead atoms. The molecule has 0 saturated carbocycles. The third kappa shape index (κ3) is 4.38. The molecule has 5 nitrogen and oxygen atoms in total. The van der Waals surface area contributed by atoms with Crippen molar-refractivity contribution in [3.63, 3.8) is 0 Å². The fourth-order valence-electron chi connectivity index (χ4n) is 1.84. The average molecular weight is 392 g/mol. The highest BCUT2D eigenvalue weighted by Crippen LogP contribution is 2.35. The maximum Gasteiger partial charge on any atom is 0.270 e. The largest absolute Gasteiger partial charge is 0.270 e. The second kappa shape index (κ2) is 7.09. The number of rotatable bonds is 5. The molecule has 0 spiro atoms. The second-order valence-corrected chi connectivity index (χ2v) is 8.46. The number of hydrogen-bond acceptors (Lipinski definition) is 5. The van der Waals surface area contributed by atoms with E-state index in [2.05, 4.69) is 0 Å². The van der Waals surface area contributed by atoms with Gasteiger partial charge in [-0.25, -0.2) is 8.42 Å². The van der Waals surface area contributed by atoms with Crippen LogP contribution in [0.5, 0.6) is 0 Å². The van der Waals surface area contributed by atoms with Gasteiger partial charge in [-0.3, -0.25) is 10.1 Å². The molecule has 0 heterocycles. The van der Waals surface area contributed by atoms with E-state index < -0.39 is 14.8 Å². The molecule has 9 heteroatoms. The molecular weight excluding hydrogens is 381 g/mol. The molecule has 0 aromatic heterocycles. The molecular formula is C14H11Cl2NO4S2. The zero-order chi connectivity index (χ0) is 17.2. The number of sulfone groups is 1. The van der Waals surface area contributed by atoms with Crippen LogP contribution in [0.3, 0.4) is 0 Å². The van der Waals surface area contributed by atoms with Crippen LogP contribution in [0.4, 0.5) is 5.69 Å². The van der Waals surface area contributed by atoms with Crippen molar-refractivity contribution in [3.8, 4) is 0 Å². The Kier molecular flexibility index (Phi) is 5.57. The number of hydrogen-bond donors (Lipinski definition) is 0. The Balaban J connectivity index is 2.38. The standard InChI is InChI=1S/C14H11Cl2NO4S2/c1-23(20,21)14-7-9(17(18)19)5-6-13(14)22-8-10-11(15)3-2-4-12(10)16/h2-7H,8H2,1H3. The van der Waals surface area contributed by atoms with Gasteiger partial charge in [-0.1, -0.05) is 29.3 Å². The highest BCUT2D eigenvalue weighted by Gasteiger charge is 2.19. The summed E-state index contributed by atoms with van der Waals surface area (Å²) in [6.45, 7) is 0. The Labute approximate surface area is 147 Å². The Morgan fingerprint density at radius 2 is 1.78 bits per heavy atom. The molecule has 23 heavy (non-hydrogen) atoms. The molecule has 0 unspecified atom stereocenters. The summed E-state index contributed by atoms with van der Waals surface area (Å²) in [6.07, 6.45) is 1.01. The molecule has 0 aliphatic rings. The Hall–Kier alpha value is -1.28. The Morgan fingerprint density at radius 1 is 1.17 bits per heavy atom. The molecule has 0 atom stereocenters. The lowest BCUT2D eigenvalue weighted by Crippen LogP contribution is -2.01. The summed E-state index contributed by atoms with van der Waals surface area (Å²) in [5, 5.41) is 11.8. The molecule has 122 valence electrons. The van der Waals surface area contributed by atoms with E-state index in [4.69, 9.17) is 23.2 Å². The summed E-state index contributed by atoms with van der Waals surface area (Å²) >= 11 is 13.4. The lowest BCUT2D eigenvalue weighted by molar-refractivity contribution is -0.385. The number of non-ortho nitro benzene ring substituents is 1. The van der Waals surface area contributed by atoms with Crippen LogP contribution in [0, 0.1) is 10.1 Å². The fraction of sp³-hybridized carbons (Fsp3) is 0.143. The van der Waals surface area contributed by atoms with Crippen molar-refractivity contribution in [2.75, 3.05) is 6.26 Å². The minimum atomic E-state index is -3.61. The molecule has 0 aliphatic heterocycles. The van der Waals surface area contributed by atoms with Crippen molar-refractivity contribution in [3.05, 3.63) is 62.1 Å². The Morgan fingerprint density at radius 3 is 2.30 bits per heavy atom. The minimum Gasteiger partial charge on any atom is -0.258 e. The first-order valence-electron chi connectivity index (χ1n) is 6.24. The normalized spacial score (nSPS) is 11.4. The van der Waals surface area contributed by atoms with Crippen LogP contribution >= 0.6 is 35.0 Å². The maximum atomic E-state index is 11.9. The molecule has 0 saturated heterocycles. The van der Waals surface area contributed by atoms with E-state index in [9.17, 15) is 18.5 Å². The highest BCUT2D eigenvalue weighted by atomic mass is 35.5. The fourth-order valence-corrected chi connectivity index (χ4v) is 4.90. The summed E-state index contributed by atoms with van der Waals surface area (Å²) in [4.78, 5) is 10.5. The van der Waals surface area contributed by atoms with E-state index in [0.29, 0.717) is 26.3 Å². The first kappa shape index (κ1) is 18.1. The van der Waals surface area contributed by atoms with Gasteiger partial charge >= 0.3 is 0 Å². The third-order valence-electron chi connectivity index (χ3n) is 2.97. The van der Waals surface area contributed by atoms with Crippen LogP contribution < -0.4 is 0 Å². The number of nitro groups is 1. The summed E-state index contributed by atoms with van der Waals surface area (Å²) < 4.78 is 23.8. The summed E-state index contributed by atoms with van der Waals surface area (Å²) in [5.74, 6) is 0.346. The maximum absolute atomic E-state index is 11.9. The molecule has 0 radical (unpaired) electrons.